The number of primary sulfonamides is 1. The third-order valence-corrected chi connectivity index (χ3v) is 6.90. The number of hydrogen-bond acceptors (Lipinski definition) is 4. The molecule has 0 saturated carbocycles. The van der Waals surface area contributed by atoms with E-state index in [9.17, 15) is 13.2 Å². The average molecular weight is 393 g/mol. The fraction of sp³-hybridized carbons (Fsp3) is 0.421. The molecule has 3 N–H and O–H groups in total. The Morgan fingerprint density at radius 3 is 2.62 bits per heavy atom. The van der Waals surface area contributed by atoms with Crippen molar-refractivity contribution in [3.8, 4) is 0 Å². The molecule has 1 amide bonds. The number of benzene rings is 1. The Kier molecular flexibility index (Phi) is 5.79. The fourth-order valence-corrected chi connectivity index (χ4v) is 4.99. The summed E-state index contributed by atoms with van der Waals surface area (Å²) in [6.45, 7) is 1.84. The van der Waals surface area contributed by atoms with Crippen LogP contribution in [-0.4, -0.2) is 14.3 Å². The quantitative estimate of drug-likeness (QED) is 0.834. The van der Waals surface area contributed by atoms with Crippen molar-refractivity contribution in [1.82, 2.24) is 5.32 Å². The Morgan fingerprint density at radius 1 is 1.15 bits per heavy atom. The lowest BCUT2D eigenvalue weighted by Gasteiger charge is -2.14. The highest BCUT2D eigenvalue weighted by molar-refractivity contribution is 7.89. The zero-order valence-corrected chi connectivity index (χ0v) is 16.5. The van der Waals surface area contributed by atoms with Gasteiger partial charge in [0.1, 0.15) is 0 Å². The molecule has 26 heavy (non-hydrogen) atoms. The van der Waals surface area contributed by atoms with E-state index in [2.05, 4.69) is 5.32 Å². The van der Waals surface area contributed by atoms with Gasteiger partial charge in [-0.25, -0.2) is 13.6 Å². The van der Waals surface area contributed by atoms with Crippen molar-refractivity contribution in [2.45, 2.75) is 56.4 Å². The van der Waals surface area contributed by atoms with Crippen molar-refractivity contribution in [2.24, 2.45) is 5.14 Å². The predicted molar refractivity (Wildman–Crippen MR) is 104 cm³/mol. The van der Waals surface area contributed by atoms with Crippen LogP contribution < -0.4 is 10.5 Å². The number of carbonyl (C=O) groups excluding carboxylic acids is 1. The zero-order valence-electron chi connectivity index (χ0n) is 14.8. The van der Waals surface area contributed by atoms with Gasteiger partial charge in [0.05, 0.1) is 15.8 Å². The predicted octanol–water partition coefficient (Wildman–Crippen LogP) is 3.55. The smallest absolute Gasteiger partial charge is 0.261 e. The monoisotopic (exact) mass is 392 g/mol. The Labute approximate surface area is 158 Å². The van der Waals surface area contributed by atoms with Crippen LogP contribution in [-0.2, 0) is 22.9 Å². The first-order chi connectivity index (χ1) is 12.3. The van der Waals surface area contributed by atoms with Crippen LogP contribution in [0.4, 0.5) is 0 Å². The minimum Gasteiger partial charge on any atom is -0.345 e. The topological polar surface area (TPSA) is 89.3 Å². The highest BCUT2D eigenvalue weighted by Gasteiger charge is 2.18. The zero-order chi connectivity index (χ0) is 18.7. The number of aryl methyl sites for hydroxylation is 2. The van der Waals surface area contributed by atoms with E-state index in [1.54, 1.807) is 23.5 Å². The summed E-state index contributed by atoms with van der Waals surface area (Å²) < 4.78 is 23.0. The van der Waals surface area contributed by atoms with E-state index < -0.39 is 10.0 Å². The van der Waals surface area contributed by atoms with Gasteiger partial charge in [0, 0.05) is 4.88 Å². The first-order valence-electron chi connectivity index (χ1n) is 8.90. The summed E-state index contributed by atoms with van der Waals surface area (Å²) in [6, 6.07) is 8.09. The van der Waals surface area contributed by atoms with Gasteiger partial charge in [-0.15, -0.1) is 11.3 Å². The second kappa shape index (κ2) is 7.90. The molecule has 0 fully saturated rings. The van der Waals surface area contributed by atoms with Crippen molar-refractivity contribution in [3.05, 3.63) is 51.2 Å². The summed E-state index contributed by atoms with van der Waals surface area (Å²) in [7, 11) is -3.76. The van der Waals surface area contributed by atoms with Gasteiger partial charge in [-0.1, -0.05) is 25.0 Å². The molecule has 0 aliphatic heterocycles. The Hall–Kier alpha value is -1.70. The molecule has 1 aliphatic rings. The summed E-state index contributed by atoms with van der Waals surface area (Å²) in [5.74, 6) is -0.116. The molecule has 2 aromatic rings. The van der Waals surface area contributed by atoms with Crippen molar-refractivity contribution in [3.63, 3.8) is 0 Å². The van der Waals surface area contributed by atoms with E-state index in [0.717, 1.165) is 17.7 Å². The van der Waals surface area contributed by atoms with Crippen LogP contribution in [0.1, 0.15) is 64.3 Å². The molecular formula is C19H24N2O3S2. The van der Waals surface area contributed by atoms with Gasteiger partial charge in [0.25, 0.3) is 5.91 Å². The molecule has 1 unspecified atom stereocenters. The summed E-state index contributed by atoms with van der Waals surface area (Å²) in [5, 5.41) is 8.15. The molecule has 1 aromatic carbocycles. The number of nitrogens with two attached hydrogens (primary N) is 1. The Bertz CT molecular complexity index is 878. The van der Waals surface area contributed by atoms with Gasteiger partial charge in [0.15, 0.2) is 0 Å². The molecule has 1 aliphatic carbocycles. The molecule has 5 nitrogen and oxygen atoms in total. The molecule has 1 aromatic heterocycles. The number of hydrogen-bond donors (Lipinski definition) is 2. The Balaban J connectivity index is 1.74. The normalized spacial score (nSPS) is 16.2. The van der Waals surface area contributed by atoms with E-state index in [1.807, 2.05) is 13.0 Å². The van der Waals surface area contributed by atoms with Gasteiger partial charge < -0.3 is 5.32 Å². The SMILES string of the molecule is CC(NC(=O)c1cc2c(s1)CCCCCC2)c1cccc(S(N)(=O)=O)c1. The third-order valence-electron chi connectivity index (χ3n) is 4.75. The number of rotatable bonds is 4. The van der Waals surface area contributed by atoms with Gasteiger partial charge >= 0.3 is 0 Å². The highest BCUT2D eigenvalue weighted by Crippen LogP contribution is 2.29. The van der Waals surface area contributed by atoms with E-state index >= 15 is 0 Å². The fourth-order valence-electron chi connectivity index (χ4n) is 3.27. The molecular weight excluding hydrogens is 368 g/mol. The van der Waals surface area contributed by atoms with E-state index in [1.165, 1.54) is 48.3 Å². The number of thiophene rings is 1. The molecule has 0 bridgehead atoms. The summed E-state index contributed by atoms with van der Waals surface area (Å²) in [6.07, 6.45) is 6.99. The van der Waals surface area contributed by atoms with Crippen LogP contribution in [0.3, 0.4) is 0 Å². The molecule has 0 spiro atoms. The molecule has 1 heterocycles. The van der Waals surface area contributed by atoms with Crippen LogP contribution in [0, 0.1) is 0 Å². The maximum absolute atomic E-state index is 12.7. The van der Waals surface area contributed by atoms with Crippen LogP contribution in [0.15, 0.2) is 35.2 Å². The van der Waals surface area contributed by atoms with Crippen LogP contribution in [0.2, 0.25) is 0 Å². The lowest BCUT2D eigenvalue weighted by Crippen LogP contribution is -2.26. The number of nitrogens with one attached hydrogen (secondary N) is 1. The Morgan fingerprint density at radius 2 is 1.88 bits per heavy atom. The average Bonchev–Trinajstić information content (AvgIpc) is 2.96. The van der Waals surface area contributed by atoms with Crippen LogP contribution >= 0.6 is 11.3 Å². The summed E-state index contributed by atoms with van der Waals surface area (Å²) in [4.78, 5) is 14.8. The molecule has 0 radical (unpaired) electrons. The third kappa shape index (κ3) is 4.52. The highest BCUT2D eigenvalue weighted by atomic mass is 32.2. The summed E-state index contributed by atoms with van der Waals surface area (Å²) >= 11 is 1.58. The van der Waals surface area contributed by atoms with Crippen LogP contribution in [0.5, 0.6) is 0 Å². The van der Waals surface area contributed by atoms with Gasteiger partial charge in [-0.3, -0.25) is 4.79 Å². The van der Waals surface area contributed by atoms with Gasteiger partial charge in [-0.05, 0) is 61.9 Å². The maximum Gasteiger partial charge on any atom is 0.261 e. The number of amides is 1. The standard InChI is InChI=1S/C19H24N2O3S2/c1-13(14-8-6-9-16(11-14)26(20,23)24)21-19(22)18-12-15-7-4-2-3-5-10-17(15)25-18/h6,8-9,11-13H,2-5,7,10H2,1H3,(H,21,22)(H2,20,23,24). The lowest BCUT2D eigenvalue weighted by molar-refractivity contribution is 0.0944. The molecule has 0 saturated heterocycles. The minimum atomic E-state index is -3.76. The van der Waals surface area contributed by atoms with E-state index in [-0.39, 0.29) is 16.8 Å². The van der Waals surface area contributed by atoms with Crippen molar-refractivity contribution in [1.29, 1.82) is 0 Å². The number of sulfonamides is 1. The van der Waals surface area contributed by atoms with Crippen molar-refractivity contribution < 1.29 is 13.2 Å². The number of carbonyl (C=O) groups is 1. The van der Waals surface area contributed by atoms with Crippen molar-refractivity contribution >= 4 is 27.3 Å². The molecule has 3 rings (SSSR count). The molecule has 1 atom stereocenters. The van der Waals surface area contributed by atoms with Gasteiger partial charge in [-0.2, -0.15) is 0 Å². The van der Waals surface area contributed by atoms with Crippen molar-refractivity contribution in [2.75, 3.05) is 0 Å². The lowest BCUT2D eigenvalue weighted by atomic mass is 10.00. The molecule has 7 heteroatoms. The first kappa shape index (κ1) is 19.1. The number of fused-ring (bicyclic) bond motifs is 1. The summed E-state index contributed by atoms with van der Waals surface area (Å²) in [5.41, 5.74) is 2.02. The minimum absolute atomic E-state index is 0.0511. The van der Waals surface area contributed by atoms with Crippen LogP contribution in [0.25, 0.3) is 0 Å². The largest absolute Gasteiger partial charge is 0.345 e. The second-order valence-electron chi connectivity index (χ2n) is 6.79. The first-order valence-corrected chi connectivity index (χ1v) is 11.3. The van der Waals surface area contributed by atoms with Gasteiger partial charge in [0.2, 0.25) is 10.0 Å². The molecule has 140 valence electrons. The van der Waals surface area contributed by atoms with E-state index in [0.29, 0.717) is 5.56 Å². The second-order valence-corrected chi connectivity index (χ2v) is 9.48. The van der Waals surface area contributed by atoms with E-state index in [4.69, 9.17) is 5.14 Å². The maximum atomic E-state index is 12.7.